The number of nitrogens with zero attached hydrogens (tertiary/aromatic N) is 8. The molecule has 0 unspecified atom stereocenters. The van der Waals surface area contributed by atoms with E-state index >= 15 is 0 Å². The van der Waals surface area contributed by atoms with E-state index in [0.29, 0.717) is 103 Å². The zero-order valence-electron chi connectivity index (χ0n) is 62.7. The number of aromatic hydroxyl groups is 1. The Bertz CT molecular complexity index is 3520. The van der Waals surface area contributed by atoms with E-state index in [9.17, 15) is 61.3 Å². The van der Waals surface area contributed by atoms with Crippen LogP contribution in [0.4, 0.5) is 22.7 Å². The molecular weight excluding hydrogens is 2110 g/mol. The summed E-state index contributed by atoms with van der Waals surface area (Å²) >= 11 is 14.4. The summed E-state index contributed by atoms with van der Waals surface area (Å²) in [5.41, 5.74) is 8.55. The molecule has 0 spiro atoms. The molecule has 26 nitrogen and oxygen atoms in total. The molecule has 8 N–H and O–H groups in total. The van der Waals surface area contributed by atoms with Gasteiger partial charge in [0.2, 0.25) is 0 Å². The van der Waals surface area contributed by atoms with E-state index in [0.717, 1.165) is 29.4 Å². The molecule has 0 aromatic heterocycles. The second-order valence-electron chi connectivity index (χ2n) is 23.4. The number of hydrogen-bond donors (Lipinski definition) is 6. The van der Waals surface area contributed by atoms with Gasteiger partial charge in [0, 0.05) is 123 Å². The monoisotopic (exact) mass is 2200 g/mol. The van der Waals surface area contributed by atoms with Gasteiger partial charge in [-0.05, 0) is 129 Å². The van der Waals surface area contributed by atoms with Crippen LogP contribution in [0.3, 0.4) is 0 Å². The summed E-state index contributed by atoms with van der Waals surface area (Å²) in [4.78, 5) is 23.6. The van der Waals surface area contributed by atoms with Crippen LogP contribution in [-0.4, -0.2) is 197 Å². The summed E-state index contributed by atoms with van der Waals surface area (Å²) in [6, 6.07) is 39.7. The van der Waals surface area contributed by atoms with Crippen LogP contribution in [0.1, 0.15) is 66.8 Å². The predicted molar refractivity (Wildman–Crippen MR) is 399 cm³/mol. The zero-order chi connectivity index (χ0) is 78.5. The number of aliphatic hydroxyl groups excluding tert-OH is 5. The van der Waals surface area contributed by atoms with Crippen LogP contribution in [-0.2, 0) is 59.2 Å². The van der Waals surface area contributed by atoms with Crippen molar-refractivity contribution in [3.8, 4) is 46.0 Å². The number of aliphatic imine (C=N–C) groups is 4. The van der Waals surface area contributed by atoms with Crippen molar-refractivity contribution in [1.82, 2.24) is 19.6 Å². The Morgan fingerprint density at radius 2 is 0.561 bits per heavy atom. The molecule has 8 aromatic rings. The maximum atomic E-state index is 12.7. The van der Waals surface area contributed by atoms with Gasteiger partial charge in [-0.3, -0.25) is 39.6 Å². The molecular formula is C78H92Cl5N8Ni2O18Tb3. The normalized spacial score (nSPS) is 10.5. The van der Waals surface area contributed by atoms with Crippen LogP contribution >= 0.6 is 34.8 Å². The number of para-hydroxylation sites is 8. The minimum atomic E-state index is -0.750. The molecule has 0 saturated carbocycles. The third-order valence-electron chi connectivity index (χ3n) is 15.1. The summed E-state index contributed by atoms with van der Waals surface area (Å²) in [7, 11) is 1.00. The maximum Gasteiger partial charge on any atom is 4.00 e. The van der Waals surface area contributed by atoms with Crippen molar-refractivity contribution in [2.45, 2.75) is 58.2 Å². The van der Waals surface area contributed by atoms with Crippen molar-refractivity contribution < 1.29 is 266 Å². The molecule has 8 rings (SSSR count). The van der Waals surface area contributed by atoms with E-state index in [4.69, 9.17) is 60.3 Å². The second kappa shape index (κ2) is 70.3. The molecule has 0 heterocycles. The Balaban J connectivity index is -0.000000325. The summed E-state index contributed by atoms with van der Waals surface area (Å²) in [5.74, 6) is -1.30. The van der Waals surface area contributed by atoms with Crippen LogP contribution in [0.15, 0.2) is 166 Å². The third-order valence-corrected chi connectivity index (χ3v) is 15.1. The summed E-state index contributed by atoms with van der Waals surface area (Å²) in [5, 5.41) is 182. The van der Waals surface area contributed by atoms with Gasteiger partial charge in [0.15, 0.2) is 4.30 Å². The summed E-state index contributed by atoms with van der Waals surface area (Å²) in [6.45, 7) is 9.61. The van der Waals surface area contributed by atoms with E-state index in [2.05, 4.69) is 20.0 Å². The van der Waals surface area contributed by atoms with Crippen LogP contribution in [0, 0.1) is 144 Å². The Morgan fingerprint density at radius 1 is 0.368 bits per heavy atom. The van der Waals surface area contributed by atoms with Gasteiger partial charge in [-0.2, -0.15) is 0 Å². The van der Waals surface area contributed by atoms with Crippen molar-refractivity contribution in [2.75, 3.05) is 112 Å². The van der Waals surface area contributed by atoms with Crippen molar-refractivity contribution in [2.24, 2.45) is 20.0 Å². The van der Waals surface area contributed by atoms with Gasteiger partial charge >= 0.3 is 110 Å². The van der Waals surface area contributed by atoms with E-state index in [-0.39, 0.29) is 321 Å². The number of alkyl halides is 3. The molecule has 634 valence electrons. The SMILES string of the molecule is CO.Cc1cc(C=Nc2ccccc2O)c([O-])c(CN(CC[O-])CCO)c1.Cc1cc(C=Nc2ccccc2[O-])c([O-])c(CN(CC[O-])CCO)c1.Cc1cc(C=Nc2ccccc2[O-])c([O-])c(CN(CC[O-])CCO)c1.Cc1cc(C=Nc2ccccc2[O-])c([O-])c(CN(CC[O-])CCO)c1.ClC(Cl)Cl.O.[Cl-].[Cl-].[Ni+3].[Ni+3].[Tb+3].[Tb+4].[Tb]. The van der Waals surface area contributed by atoms with E-state index < -0.39 is 4.30 Å². The van der Waals surface area contributed by atoms with Crippen molar-refractivity contribution in [3.63, 3.8) is 0 Å². The molecule has 0 saturated heterocycles. The topological polar surface area (TPSA) is 469 Å². The Morgan fingerprint density at radius 3 is 0.754 bits per heavy atom. The smallest absolute Gasteiger partial charge is 1.00 e. The van der Waals surface area contributed by atoms with Gasteiger partial charge in [0.25, 0.3) is 0 Å². The average molecular weight is 2200 g/mol. The van der Waals surface area contributed by atoms with Crippen LogP contribution < -0.4 is 81.0 Å². The van der Waals surface area contributed by atoms with Gasteiger partial charge < -0.3 is 117 Å². The zero-order valence-corrected chi connectivity index (χ0v) is 74.8. The first-order valence-corrected chi connectivity index (χ1v) is 34.7. The van der Waals surface area contributed by atoms with Gasteiger partial charge in [-0.25, -0.2) is 0 Å². The van der Waals surface area contributed by atoms with Crippen LogP contribution in [0.25, 0.3) is 0 Å². The molecule has 0 atom stereocenters. The number of benzene rings is 8. The minimum absolute atomic E-state index is 0. The molecule has 0 aliphatic rings. The van der Waals surface area contributed by atoms with E-state index in [1.165, 1.54) is 49.1 Å². The standard InChI is InChI=1S/4C19H23N2O4.CHCl3.CH4O.2ClH.2Ni.H2O.3Tb/c4*1-14-10-15(12-20-17-4-2-3-5-18(17)24)19(25)16(11-14)13-21(6-8-22)7-9-23;2-1(3)4;1-2;;;;;;;;/h4*2-5,10-12,22,24-25H,6-9,13H2,1H3;1H;2H,1H3;2*1H;;;1H2;;;/q4*-1;;;;;2*+3;;;+3;+4/p-9. The first-order valence-electron chi connectivity index (χ1n) is 33.4. The average Bonchev–Trinajstić information content (AvgIpc) is 0.846. The minimum Gasteiger partial charge on any atom is -1.00 e. The summed E-state index contributed by atoms with van der Waals surface area (Å²) < 4.78 is -0.750. The molecule has 8 aromatic carbocycles. The number of rotatable bonds is 32. The Kier molecular flexibility index (Phi) is 74.8. The van der Waals surface area contributed by atoms with Crippen LogP contribution in [0.5, 0.6) is 46.0 Å². The van der Waals surface area contributed by atoms with Gasteiger partial charge in [0.05, 0.1) is 43.5 Å². The number of aryl methyl sites for hydroxylation is 4. The van der Waals surface area contributed by atoms with Gasteiger partial charge in [-0.1, -0.05) is 213 Å². The number of phenols is 1. The molecule has 0 amide bonds. The number of phenolic OH excluding ortho intramolecular Hbond substituents is 1. The first-order chi connectivity index (χ1) is 50.9. The third kappa shape index (κ3) is 46.4. The molecule has 0 bridgehead atoms. The van der Waals surface area contributed by atoms with E-state index in [1.807, 2.05) is 27.7 Å². The molecule has 36 heteroatoms. The number of aliphatic hydroxyl groups is 5. The molecule has 114 heavy (non-hydrogen) atoms. The Hall–Kier alpha value is -3.43. The Labute approximate surface area is 807 Å². The van der Waals surface area contributed by atoms with Gasteiger partial charge in [-0.15, -0.1) is 26.4 Å². The van der Waals surface area contributed by atoms with Crippen molar-refractivity contribution in [1.29, 1.82) is 0 Å². The largest absolute Gasteiger partial charge is 4.00 e. The van der Waals surface area contributed by atoms with Crippen molar-refractivity contribution >= 4 is 82.4 Å². The molecule has 4 radical (unpaired) electrons. The van der Waals surface area contributed by atoms with Crippen molar-refractivity contribution in [3.05, 3.63) is 212 Å². The fourth-order valence-electron chi connectivity index (χ4n) is 10.3. The fraction of sp³-hybridized carbons (Fsp3) is 0.333. The fourth-order valence-corrected chi connectivity index (χ4v) is 10.3. The quantitative estimate of drug-likeness (QED) is 0.0132. The molecule has 0 aliphatic heterocycles. The molecule has 0 fully saturated rings. The maximum absolute atomic E-state index is 12.7. The summed E-state index contributed by atoms with van der Waals surface area (Å²) in [6.07, 6.45) is 5.65. The first kappa shape index (κ1) is 121. The van der Waals surface area contributed by atoms with Crippen LogP contribution in [0.2, 0.25) is 0 Å². The second-order valence-corrected chi connectivity index (χ2v) is 25.3. The predicted octanol–water partition coefficient (Wildman–Crippen LogP) is -4.41. The number of hydrogen-bond acceptors (Lipinski definition) is 25. The molecule has 0 aliphatic carbocycles. The number of halogens is 5. The van der Waals surface area contributed by atoms with Gasteiger partial charge in [0.1, 0.15) is 11.4 Å². The van der Waals surface area contributed by atoms with E-state index in [1.54, 1.807) is 141 Å².